The van der Waals surface area contributed by atoms with Gasteiger partial charge in [-0.05, 0) is 12.0 Å². The number of nitrogens with zero attached hydrogens (tertiary/aromatic N) is 2. The van der Waals surface area contributed by atoms with Gasteiger partial charge in [0.15, 0.2) is 0 Å². The second kappa shape index (κ2) is 8.12. The first-order valence-electron chi connectivity index (χ1n) is 7.62. The normalized spacial score (nSPS) is 17.7. The summed E-state index contributed by atoms with van der Waals surface area (Å²) in [5.74, 6) is 0.185. The van der Waals surface area contributed by atoms with Crippen LogP contribution in [0.2, 0.25) is 0 Å². The third-order valence-corrected chi connectivity index (χ3v) is 4.04. The van der Waals surface area contributed by atoms with E-state index in [-0.39, 0.29) is 18.6 Å². The average molecular weight is 291 g/mol. The lowest BCUT2D eigenvalue weighted by Crippen LogP contribution is -2.49. The zero-order chi connectivity index (χ0) is 15.1. The van der Waals surface area contributed by atoms with Gasteiger partial charge in [0, 0.05) is 45.2 Å². The number of carbonyl (C=O) groups is 1. The first kappa shape index (κ1) is 15.9. The molecule has 1 atom stereocenters. The molecule has 1 amide bonds. The standard InChI is InChI=1S/C16H25N3O2/c17-15(14-4-2-1-3-5-14)6-7-16(21)19-10-8-18(9-11-19)12-13-20/h1-5,15,20H,6-13,17H2. The lowest BCUT2D eigenvalue weighted by atomic mass is 10.0. The third kappa shape index (κ3) is 4.81. The van der Waals surface area contributed by atoms with Crippen molar-refractivity contribution in [2.45, 2.75) is 18.9 Å². The molecule has 0 bridgehead atoms. The number of amides is 1. The van der Waals surface area contributed by atoms with Crippen LogP contribution in [0.4, 0.5) is 0 Å². The number of carbonyl (C=O) groups excluding carboxylic acids is 1. The van der Waals surface area contributed by atoms with Gasteiger partial charge in [0.25, 0.3) is 0 Å². The van der Waals surface area contributed by atoms with Crippen LogP contribution < -0.4 is 5.73 Å². The summed E-state index contributed by atoms with van der Waals surface area (Å²) in [6.07, 6.45) is 1.18. The van der Waals surface area contributed by atoms with Crippen molar-refractivity contribution in [3.05, 3.63) is 35.9 Å². The molecule has 3 N–H and O–H groups in total. The van der Waals surface area contributed by atoms with Crippen molar-refractivity contribution in [1.82, 2.24) is 9.80 Å². The van der Waals surface area contributed by atoms with Gasteiger partial charge in [0.1, 0.15) is 0 Å². The number of rotatable bonds is 6. The minimum absolute atomic E-state index is 0.0779. The number of hydrogen-bond donors (Lipinski definition) is 2. The van der Waals surface area contributed by atoms with E-state index < -0.39 is 0 Å². The largest absolute Gasteiger partial charge is 0.395 e. The lowest BCUT2D eigenvalue weighted by Gasteiger charge is -2.34. The van der Waals surface area contributed by atoms with E-state index in [0.717, 1.165) is 31.7 Å². The van der Waals surface area contributed by atoms with Gasteiger partial charge in [0.2, 0.25) is 5.91 Å². The van der Waals surface area contributed by atoms with Gasteiger partial charge < -0.3 is 15.7 Å². The van der Waals surface area contributed by atoms with E-state index in [4.69, 9.17) is 10.8 Å². The van der Waals surface area contributed by atoms with Gasteiger partial charge in [-0.3, -0.25) is 9.69 Å². The Morgan fingerprint density at radius 2 is 1.86 bits per heavy atom. The first-order valence-corrected chi connectivity index (χ1v) is 7.62. The molecule has 0 spiro atoms. The number of aliphatic hydroxyl groups is 1. The van der Waals surface area contributed by atoms with Crippen molar-refractivity contribution >= 4 is 5.91 Å². The van der Waals surface area contributed by atoms with Crippen LogP contribution in [0, 0.1) is 0 Å². The summed E-state index contributed by atoms with van der Waals surface area (Å²) in [6.45, 7) is 4.06. The van der Waals surface area contributed by atoms with Crippen LogP contribution >= 0.6 is 0 Å². The molecular weight excluding hydrogens is 266 g/mol. The molecule has 1 aliphatic heterocycles. The number of aliphatic hydroxyl groups excluding tert-OH is 1. The van der Waals surface area contributed by atoms with E-state index in [0.29, 0.717) is 19.4 Å². The molecule has 0 radical (unpaired) electrons. The summed E-state index contributed by atoms with van der Waals surface area (Å²) >= 11 is 0. The number of β-amino-alcohol motifs (C(OH)–C–C–N with tert-alkyl or cyclic N) is 1. The Balaban J connectivity index is 1.73. The maximum Gasteiger partial charge on any atom is 0.222 e. The number of hydrogen-bond acceptors (Lipinski definition) is 4. The fourth-order valence-electron chi connectivity index (χ4n) is 2.67. The first-order chi connectivity index (χ1) is 10.2. The summed E-state index contributed by atoms with van der Waals surface area (Å²) in [4.78, 5) is 16.3. The van der Waals surface area contributed by atoms with Gasteiger partial charge in [0.05, 0.1) is 6.61 Å². The van der Waals surface area contributed by atoms with Crippen molar-refractivity contribution in [3.63, 3.8) is 0 Å². The van der Waals surface area contributed by atoms with Crippen molar-refractivity contribution in [3.8, 4) is 0 Å². The minimum atomic E-state index is -0.0779. The predicted octanol–water partition coefficient (Wildman–Crippen LogP) is 0.603. The highest BCUT2D eigenvalue weighted by Gasteiger charge is 2.21. The van der Waals surface area contributed by atoms with E-state index in [2.05, 4.69) is 4.90 Å². The SMILES string of the molecule is NC(CCC(=O)N1CCN(CCO)CC1)c1ccccc1. The molecule has 1 unspecified atom stereocenters. The Labute approximate surface area is 126 Å². The molecule has 1 heterocycles. The number of benzene rings is 1. The van der Waals surface area contributed by atoms with Crippen LogP contribution in [0.25, 0.3) is 0 Å². The number of nitrogens with two attached hydrogens (primary N) is 1. The van der Waals surface area contributed by atoms with Gasteiger partial charge >= 0.3 is 0 Å². The van der Waals surface area contributed by atoms with Crippen molar-refractivity contribution in [1.29, 1.82) is 0 Å². The van der Waals surface area contributed by atoms with E-state index >= 15 is 0 Å². The molecule has 2 rings (SSSR count). The fourth-order valence-corrected chi connectivity index (χ4v) is 2.67. The van der Waals surface area contributed by atoms with Gasteiger partial charge in [-0.15, -0.1) is 0 Å². The zero-order valence-electron chi connectivity index (χ0n) is 12.4. The molecule has 0 aliphatic carbocycles. The predicted molar refractivity (Wildman–Crippen MR) is 82.7 cm³/mol. The van der Waals surface area contributed by atoms with Gasteiger partial charge in [-0.1, -0.05) is 30.3 Å². The summed E-state index contributed by atoms with van der Waals surface area (Å²) in [6, 6.07) is 9.83. The van der Waals surface area contributed by atoms with Crippen LogP contribution in [0.1, 0.15) is 24.4 Å². The van der Waals surface area contributed by atoms with Gasteiger partial charge in [-0.25, -0.2) is 0 Å². The fraction of sp³-hybridized carbons (Fsp3) is 0.562. The van der Waals surface area contributed by atoms with Crippen molar-refractivity contribution in [2.24, 2.45) is 5.73 Å². The highest BCUT2D eigenvalue weighted by molar-refractivity contribution is 5.76. The molecule has 5 nitrogen and oxygen atoms in total. The molecule has 116 valence electrons. The zero-order valence-corrected chi connectivity index (χ0v) is 12.4. The molecule has 21 heavy (non-hydrogen) atoms. The summed E-state index contributed by atoms with van der Waals surface area (Å²) in [7, 11) is 0. The van der Waals surface area contributed by atoms with E-state index in [1.165, 1.54) is 0 Å². The molecule has 1 fully saturated rings. The van der Waals surface area contributed by atoms with Crippen LogP contribution in [0.5, 0.6) is 0 Å². The van der Waals surface area contributed by atoms with E-state index in [1.807, 2.05) is 35.2 Å². The smallest absolute Gasteiger partial charge is 0.222 e. The molecule has 0 saturated carbocycles. The Kier molecular flexibility index (Phi) is 6.17. The Bertz CT molecular complexity index is 430. The third-order valence-electron chi connectivity index (χ3n) is 4.04. The molecule has 5 heteroatoms. The second-order valence-electron chi connectivity index (χ2n) is 5.50. The highest BCUT2D eigenvalue weighted by Crippen LogP contribution is 2.16. The lowest BCUT2D eigenvalue weighted by molar-refractivity contribution is -0.133. The molecule has 1 saturated heterocycles. The van der Waals surface area contributed by atoms with Crippen molar-refractivity contribution < 1.29 is 9.90 Å². The molecule has 1 aromatic rings. The minimum Gasteiger partial charge on any atom is -0.395 e. The molecule has 1 aliphatic rings. The Hall–Kier alpha value is -1.43. The maximum absolute atomic E-state index is 12.2. The average Bonchev–Trinajstić information content (AvgIpc) is 2.54. The maximum atomic E-state index is 12.2. The van der Waals surface area contributed by atoms with Crippen LogP contribution in [-0.4, -0.2) is 60.1 Å². The van der Waals surface area contributed by atoms with E-state index in [9.17, 15) is 4.79 Å². The van der Waals surface area contributed by atoms with E-state index in [1.54, 1.807) is 0 Å². The Morgan fingerprint density at radius 1 is 1.19 bits per heavy atom. The molecular formula is C16H25N3O2. The molecule has 0 aromatic heterocycles. The van der Waals surface area contributed by atoms with Crippen LogP contribution in [-0.2, 0) is 4.79 Å². The summed E-state index contributed by atoms with van der Waals surface area (Å²) in [5, 5.41) is 8.91. The summed E-state index contributed by atoms with van der Waals surface area (Å²) < 4.78 is 0. The highest BCUT2D eigenvalue weighted by atomic mass is 16.3. The van der Waals surface area contributed by atoms with Crippen LogP contribution in [0.3, 0.4) is 0 Å². The summed E-state index contributed by atoms with van der Waals surface area (Å²) in [5.41, 5.74) is 7.21. The van der Waals surface area contributed by atoms with Crippen molar-refractivity contribution in [2.75, 3.05) is 39.3 Å². The van der Waals surface area contributed by atoms with Crippen LogP contribution in [0.15, 0.2) is 30.3 Å². The van der Waals surface area contributed by atoms with Gasteiger partial charge in [-0.2, -0.15) is 0 Å². The quantitative estimate of drug-likeness (QED) is 0.805. The monoisotopic (exact) mass is 291 g/mol. The Morgan fingerprint density at radius 3 is 2.48 bits per heavy atom. The topological polar surface area (TPSA) is 69.8 Å². The number of piperazine rings is 1. The second-order valence-corrected chi connectivity index (χ2v) is 5.50. The molecule has 1 aromatic carbocycles.